The Kier molecular flexibility index (Phi) is 5.73. The Hall–Kier alpha value is -1.83. The third-order valence-electron chi connectivity index (χ3n) is 4.73. The fourth-order valence-electron chi connectivity index (χ4n) is 3.41. The first-order valence-corrected chi connectivity index (χ1v) is 13.3. The fourth-order valence-corrected chi connectivity index (χ4v) is 7.82. The van der Waals surface area contributed by atoms with E-state index < -0.39 is 10.1 Å². The molecule has 8 heteroatoms. The number of para-hydroxylation sites is 2. The summed E-state index contributed by atoms with van der Waals surface area (Å²) in [6, 6.07) is 16.1. The molecule has 0 spiro atoms. The molecule has 4 rings (SSSR count). The normalized spacial score (nSPS) is 16.0. The van der Waals surface area contributed by atoms with Gasteiger partial charge in [-0.05, 0) is 0 Å². The van der Waals surface area contributed by atoms with Gasteiger partial charge in [0.2, 0.25) is 0 Å². The number of hydrogen-bond donors (Lipinski definition) is 1. The molecule has 29 heavy (non-hydrogen) atoms. The van der Waals surface area contributed by atoms with Gasteiger partial charge in [-0.15, -0.1) is 0 Å². The molecule has 0 aliphatic carbocycles. The van der Waals surface area contributed by atoms with E-state index in [2.05, 4.69) is 21.6 Å². The zero-order valence-electron chi connectivity index (χ0n) is 16.1. The maximum atomic E-state index is 12.2. The molecule has 1 aliphatic rings. The molecule has 1 aliphatic heterocycles. The number of aromatic nitrogens is 1. The molecule has 0 atom stereocenters. The summed E-state index contributed by atoms with van der Waals surface area (Å²) in [7, 11) is -4.37. The van der Waals surface area contributed by atoms with Crippen LogP contribution in [0.25, 0.3) is 15.9 Å². The fraction of sp³-hybridized carbons (Fsp3) is 0.190. The molecule has 0 radical (unpaired) electrons. The molecule has 3 aromatic rings. The Labute approximate surface area is 180 Å². The summed E-state index contributed by atoms with van der Waals surface area (Å²) in [4.78, 5) is 3.07. The molecule has 0 saturated carbocycles. The minimum absolute atomic E-state index is 0.0166. The van der Waals surface area contributed by atoms with Gasteiger partial charge in [-0.1, -0.05) is 0 Å². The van der Waals surface area contributed by atoms with Crippen molar-refractivity contribution in [1.82, 2.24) is 0 Å². The van der Waals surface area contributed by atoms with Gasteiger partial charge in [-0.3, -0.25) is 0 Å². The molecule has 5 nitrogen and oxygen atoms in total. The van der Waals surface area contributed by atoms with Crippen LogP contribution in [0.1, 0.15) is 18.4 Å². The van der Waals surface area contributed by atoms with E-state index in [-0.39, 0.29) is 19.4 Å². The van der Waals surface area contributed by atoms with Gasteiger partial charge in [-0.2, -0.15) is 0 Å². The Morgan fingerprint density at radius 2 is 1.90 bits per heavy atom. The van der Waals surface area contributed by atoms with Crippen LogP contribution >= 0.6 is 11.8 Å². The first-order chi connectivity index (χ1) is 13.9. The zero-order valence-corrected chi connectivity index (χ0v) is 19.4. The van der Waals surface area contributed by atoms with Gasteiger partial charge in [0.1, 0.15) is 0 Å². The first-order valence-electron chi connectivity index (χ1n) is 9.29. The van der Waals surface area contributed by atoms with Crippen molar-refractivity contribution in [2.24, 2.45) is 0 Å². The van der Waals surface area contributed by atoms with Gasteiger partial charge < -0.3 is 0 Å². The number of fused-ring (bicyclic) bond motifs is 2. The van der Waals surface area contributed by atoms with Gasteiger partial charge >= 0.3 is 181 Å². The van der Waals surface area contributed by atoms with E-state index in [0.717, 1.165) is 32.2 Å². The average Bonchev–Trinajstić information content (AvgIpc) is 3.23. The van der Waals surface area contributed by atoms with Crippen LogP contribution in [0, 0.1) is 0 Å². The predicted molar refractivity (Wildman–Crippen MR) is 120 cm³/mol. The molecule has 2 heterocycles. The van der Waals surface area contributed by atoms with Crippen LogP contribution < -0.4 is 9.47 Å². The van der Waals surface area contributed by atoms with Gasteiger partial charge in [0.05, 0.1) is 0 Å². The summed E-state index contributed by atoms with van der Waals surface area (Å²) in [6.07, 6.45) is 3.21. The number of benzene rings is 2. The van der Waals surface area contributed by atoms with Crippen molar-refractivity contribution in [2.45, 2.75) is 25.3 Å². The number of hydrogen-bond acceptors (Lipinski definition) is 4. The van der Waals surface area contributed by atoms with Gasteiger partial charge in [0.25, 0.3) is 0 Å². The number of anilines is 1. The minimum atomic E-state index is -4.37. The van der Waals surface area contributed by atoms with E-state index >= 15 is 0 Å². The number of nitrogens with zero attached hydrogens (tertiary/aromatic N) is 2. The van der Waals surface area contributed by atoms with Gasteiger partial charge in [0.15, 0.2) is 0 Å². The Bertz CT molecular complexity index is 1250. The zero-order chi connectivity index (χ0) is 20.6. The monoisotopic (exact) mass is 493 g/mol. The molecule has 0 bridgehead atoms. The topological polar surface area (TPSA) is 61.5 Å². The molecule has 1 N–H and O–H groups in total. The maximum absolute atomic E-state index is 12.2. The average molecular weight is 493 g/mol. The second-order valence-corrected chi connectivity index (χ2v) is 11.2. The van der Waals surface area contributed by atoms with Crippen molar-refractivity contribution in [3.05, 3.63) is 69.1 Å². The van der Waals surface area contributed by atoms with Crippen molar-refractivity contribution in [2.75, 3.05) is 11.4 Å². The molecule has 0 saturated heterocycles. The quantitative estimate of drug-likeness (QED) is 0.333. The molecule has 150 valence electrons. The third kappa shape index (κ3) is 3.96. The Morgan fingerprint density at radius 3 is 2.62 bits per heavy atom. The number of aryl methyl sites for hydroxylation is 1. The first kappa shape index (κ1) is 20.4. The van der Waals surface area contributed by atoms with E-state index in [1.54, 1.807) is 12.2 Å². The number of allylic oxidation sites excluding steroid dienone is 1. The van der Waals surface area contributed by atoms with Crippen molar-refractivity contribution in [3.63, 3.8) is 0 Å². The number of thioether (sulfide) groups is 1. The standard InChI is InChI=1S/C21H20N2O3S2Se/c1-3-22-16-9-5-7-11-18(16)27-20(22)13-15(28(24,25)26)14-21-23(4-2)17-10-6-8-12-19(17)29-21/h5-14H,3-4H2,1-2H3/p+1. The molecule has 0 fully saturated rings. The van der Waals surface area contributed by atoms with E-state index in [9.17, 15) is 13.0 Å². The van der Waals surface area contributed by atoms with Crippen LogP contribution in [0.5, 0.6) is 0 Å². The van der Waals surface area contributed by atoms with Crippen LogP contribution in [0.3, 0.4) is 0 Å². The van der Waals surface area contributed by atoms with Crippen LogP contribution in [-0.4, -0.2) is 34.0 Å². The third-order valence-corrected chi connectivity index (χ3v) is 9.01. The van der Waals surface area contributed by atoms with Crippen molar-refractivity contribution in [3.8, 4) is 0 Å². The van der Waals surface area contributed by atoms with Crippen molar-refractivity contribution < 1.29 is 17.5 Å². The molecule has 1 aromatic heterocycles. The Morgan fingerprint density at radius 1 is 1.17 bits per heavy atom. The van der Waals surface area contributed by atoms with Gasteiger partial charge in [-0.25, -0.2) is 0 Å². The van der Waals surface area contributed by atoms with Crippen LogP contribution in [-0.2, 0) is 16.7 Å². The summed E-state index contributed by atoms with van der Waals surface area (Å²) in [6.45, 7) is 5.51. The van der Waals surface area contributed by atoms with Crippen molar-refractivity contribution in [1.29, 1.82) is 0 Å². The SMILES string of the molecule is CCN1/C(=C/C(=C/c2[se]c3ccccc3[n+]2CC)S(=O)(=O)O)Sc2ccccc21. The van der Waals surface area contributed by atoms with E-state index in [1.165, 1.54) is 16.0 Å². The van der Waals surface area contributed by atoms with Crippen LogP contribution in [0.2, 0.25) is 0 Å². The summed E-state index contributed by atoms with van der Waals surface area (Å²) in [5.74, 6) is 0. The molecule has 0 amide bonds. The summed E-state index contributed by atoms with van der Waals surface area (Å²) in [5, 5.41) is 0.796. The van der Waals surface area contributed by atoms with E-state index in [0.29, 0.717) is 6.54 Å². The number of rotatable bonds is 5. The van der Waals surface area contributed by atoms with Crippen LogP contribution in [0.4, 0.5) is 5.69 Å². The van der Waals surface area contributed by atoms with E-state index in [1.807, 2.05) is 50.2 Å². The summed E-state index contributed by atoms with van der Waals surface area (Å²) < 4.78 is 38.7. The molecule has 2 aromatic carbocycles. The van der Waals surface area contributed by atoms with Crippen molar-refractivity contribution >= 4 is 57.9 Å². The van der Waals surface area contributed by atoms with Crippen LogP contribution in [0.15, 0.2) is 69.4 Å². The molecular formula is C21H21N2O3S2Se+. The van der Waals surface area contributed by atoms with Gasteiger partial charge in [0, 0.05) is 0 Å². The predicted octanol–water partition coefficient (Wildman–Crippen LogP) is 3.91. The summed E-state index contributed by atoms with van der Waals surface area (Å²) in [5.41, 5.74) is 2.17. The second-order valence-electron chi connectivity index (χ2n) is 6.47. The summed E-state index contributed by atoms with van der Waals surface area (Å²) >= 11 is 1.50. The molecular weight excluding hydrogens is 471 g/mol. The second kappa shape index (κ2) is 8.13. The molecule has 0 unspecified atom stereocenters. The Balaban J connectivity index is 1.84. The van der Waals surface area contributed by atoms with E-state index in [4.69, 9.17) is 0 Å².